The van der Waals surface area contributed by atoms with Gasteiger partial charge in [-0.1, -0.05) is 0 Å². The van der Waals surface area contributed by atoms with Gasteiger partial charge in [0.25, 0.3) is 0 Å². The predicted octanol–water partition coefficient (Wildman–Crippen LogP) is 1.36. The molecule has 6 heteroatoms. The third kappa shape index (κ3) is 4.70. The van der Waals surface area contributed by atoms with Crippen molar-refractivity contribution in [3.63, 3.8) is 0 Å². The van der Waals surface area contributed by atoms with E-state index in [0.29, 0.717) is 5.69 Å². The summed E-state index contributed by atoms with van der Waals surface area (Å²) in [5, 5.41) is 19.6. The van der Waals surface area contributed by atoms with Gasteiger partial charge in [0.15, 0.2) is 0 Å². The summed E-state index contributed by atoms with van der Waals surface area (Å²) >= 11 is 1.22. The topological polar surface area (TPSA) is 86.6 Å². The third-order valence-corrected chi connectivity index (χ3v) is 2.66. The lowest BCUT2D eigenvalue weighted by molar-refractivity contribution is -0.135. The number of hydrogen-bond acceptors (Lipinski definition) is 4. The first-order valence-electron chi connectivity index (χ1n) is 4.48. The Labute approximate surface area is 96.5 Å². The Bertz CT molecular complexity index is 340. The fourth-order valence-corrected chi connectivity index (χ4v) is 1.61. The molecule has 0 aliphatic carbocycles. The highest BCUT2D eigenvalue weighted by atomic mass is 32.2. The summed E-state index contributed by atoms with van der Waals surface area (Å²) in [4.78, 5) is 21.4. The van der Waals surface area contributed by atoms with Crippen molar-refractivity contribution in [2.24, 2.45) is 0 Å². The maximum Gasteiger partial charge on any atom is 0.322 e. The monoisotopic (exact) mass is 241 g/mol. The van der Waals surface area contributed by atoms with Crippen molar-refractivity contribution in [3.8, 4) is 0 Å². The van der Waals surface area contributed by atoms with Gasteiger partial charge >= 0.3 is 11.9 Å². The molecule has 1 rings (SSSR count). The Morgan fingerprint density at radius 2 is 1.75 bits per heavy atom. The van der Waals surface area contributed by atoms with Gasteiger partial charge in [-0.05, 0) is 24.3 Å². The Balaban J connectivity index is 2.47. The summed E-state index contributed by atoms with van der Waals surface area (Å²) in [5.41, 5.74) is 0.696. The quantitative estimate of drug-likeness (QED) is 0.652. The van der Waals surface area contributed by atoms with Crippen LogP contribution in [0.25, 0.3) is 0 Å². The average molecular weight is 241 g/mol. The van der Waals surface area contributed by atoms with Crippen LogP contribution in [0.1, 0.15) is 0 Å². The van der Waals surface area contributed by atoms with Crippen LogP contribution < -0.4 is 5.32 Å². The van der Waals surface area contributed by atoms with Crippen LogP contribution in [0.2, 0.25) is 0 Å². The first-order valence-corrected chi connectivity index (χ1v) is 5.47. The Morgan fingerprint density at radius 3 is 2.25 bits per heavy atom. The molecule has 0 saturated heterocycles. The van der Waals surface area contributed by atoms with E-state index < -0.39 is 11.9 Å². The van der Waals surface area contributed by atoms with Crippen molar-refractivity contribution in [3.05, 3.63) is 24.3 Å². The molecule has 16 heavy (non-hydrogen) atoms. The van der Waals surface area contributed by atoms with Crippen LogP contribution in [-0.2, 0) is 9.59 Å². The minimum absolute atomic E-state index is 0.0158. The predicted molar refractivity (Wildman–Crippen MR) is 60.9 cm³/mol. The highest BCUT2D eigenvalue weighted by molar-refractivity contribution is 8.00. The Hall–Kier alpha value is -1.69. The molecule has 1 aromatic rings. The van der Waals surface area contributed by atoms with Gasteiger partial charge in [-0.25, -0.2) is 0 Å². The third-order valence-electron chi connectivity index (χ3n) is 1.66. The second-order valence-corrected chi connectivity index (χ2v) is 4.00. The summed E-state index contributed by atoms with van der Waals surface area (Å²) < 4.78 is 0. The Morgan fingerprint density at radius 1 is 1.12 bits per heavy atom. The zero-order valence-corrected chi connectivity index (χ0v) is 9.16. The largest absolute Gasteiger partial charge is 0.481 e. The van der Waals surface area contributed by atoms with Gasteiger partial charge in [0.2, 0.25) is 0 Å². The molecule has 0 bridgehead atoms. The molecule has 0 aliphatic heterocycles. The molecule has 0 unspecified atom stereocenters. The van der Waals surface area contributed by atoms with Gasteiger partial charge in [0, 0.05) is 10.6 Å². The molecule has 0 fully saturated rings. The lowest BCUT2D eigenvalue weighted by Gasteiger charge is -2.04. The molecule has 0 spiro atoms. The van der Waals surface area contributed by atoms with Gasteiger partial charge in [-0.3, -0.25) is 9.59 Å². The van der Waals surface area contributed by atoms with E-state index in [2.05, 4.69) is 5.32 Å². The van der Waals surface area contributed by atoms with Crippen molar-refractivity contribution in [2.75, 3.05) is 17.6 Å². The number of carbonyl (C=O) groups is 2. The van der Waals surface area contributed by atoms with Crippen molar-refractivity contribution < 1.29 is 19.8 Å². The summed E-state index contributed by atoms with van der Waals surface area (Å²) in [6.45, 7) is -0.137. The molecule has 0 aliphatic rings. The second kappa shape index (κ2) is 6.02. The smallest absolute Gasteiger partial charge is 0.322 e. The van der Waals surface area contributed by atoms with Gasteiger partial charge in [-0.15, -0.1) is 11.8 Å². The molecule has 0 atom stereocenters. The molecule has 86 valence electrons. The maximum atomic E-state index is 10.3. The number of carboxylic acid groups (broad SMARTS) is 2. The first kappa shape index (κ1) is 12.4. The first-order chi connectivity index (χ1) is 7.58. The van der Waals surface area contributed by atoms with E-state index in [0.717, 1.165) is 4.90 Å². The molecule has 5 nitrogen and oxygen atoms in total. The molecular formula is C10H11NO4S. The van der Waals surface area contributed by atoms with Crippen molar-refractivity contribution >= 4 is 29.4 Å². The maximum absolute atomic E-state index is 10.3. The number of rotatable bonds is 6. The minimum atomic E-state index is -0.927. The number of hydrogen-bond donors (Lipinski definition) is 3. The van der Waals surface area contributed by atoms with E-state index >= 15 is 0 Å². The molecule has 3 N–H and O–H groups in total. The SMILES string of the molecule is O=C(O)CNc1ccc(SCC(=O)O)cc1. The standard InChI is InChI=1S/C10H11NO4S/c12-9(13)5-11-7-1-3-8(4-2-7)16-6-10(14)15/h1-4,11H,5-6H2,(H,12,13)(H,14,15). The number of nitrogens with one attached hydrogen (secondary N) is 1. The van der Waals surface area contributed by atoms with Crippen molar-refractivity contribution in [1.82, 2.24) is 0 Å². The zero-order valence-electron chi connectivity index (χ0n) is 8.34. The van der Waals surface area contributed by atoms with E-state index in [1.165, 1.54) is 11.8 Å². The highest BCUT2D eigenvalue weighted by Crippen LogP contribution is 2.19. The summed E-state index contributed by atoms with van der Waals surface area (Å²) in [5.74, 6) is -1.77. The molecule has 1 aromatic carbocycles. The van der Waals surface area contributed by atoms with Crippen LogP contribution in [0.5, 0.6) is 0 Å². The summed E-state index contributed by atoms with van der Waals surface area (Å²) in [7, 11) is 0. The number of aliphatic carboxylic acids is 2. The van der Waals surface area contributed by atoms with E-state index in [1.54, 1.807) is 24.3 Å². The van der Waals surface area contributed by atoms with Crippen LogP contribution in [-0.4, -0.2) is 34.4 Å². The lowest BCUT2D eigenvalue weighted by Crippen LogP contribution is -2.11. The fraction of sp³-hybridized carbons (Fsp3) is 0.200. The fourth-order valence-electron chi connectivity index (χ4n) is 0.992. The number of carboxylic acids is 2. The highest BCUT2D eigenvalue weighted by Gasteiger charge is 2.00. The van der Waals surface area contributed by atoms with Gasteiger partial charge in [0.05, 0.1) is 5.75 Å². The Kier molecular flexibility index (Phi) is 4.65. The van der Waals surface area contributed by atoms with Crippen LogP contribution in [0, 0.1) is 0 Å². The van der Waals surface area contributed by atoms with Gasteiger partial charge < -0.3 is 15.5 Å². The molecule has 0 saturated carbocycles. The van der Waals surface area contributed by atoms with Gasteiger partial charge in [0.1, 0.15) is 6.54 Å². The van der Waals surface area contributed by atoms with Crippen LogP contribution in [0.4, 0.5) is 5.69 Å². The molecule has 0 heterocycles. The van der Waals surface area contributed by atoms with Crippen LogP contribution in [0.15, 0.2) is 29.2 Å². The summed E-state index contributed by atoms with van der Waals surface area (Å²) in [6.07, 6.45) is 0. The van der Waals surface area contributed by atoms with E-state index in [9.17, 15) is 9.59 Å². The van der Waals surface area contributed by atoms with Crippen LogP contribution in [0.3, 0.4) is 0 Å². The molecular weight excluding hydrogens is 230 g/mol. The van der Waals surface area contributed by atoms with E-state index in [-0.39, 0.29) is 12.3 Å². The van der Waals surface area contributed by atoms with E-state index in [1.807, 2.05) is 0 Å². The van der Waals surface area contributed by atoms with Crippen LogP contribution >= 0.6 is 11.8 Å². The minimum Gasteiger partial charge on any atom is -0.481 e. The van der Waals surface area contributed by atoms with E-state index in [4.69, 9.17) is 10.2 Å². The number of anilines is 1. The molecule has 0 radical (unpaired) electrons. The van der Waals surface area contributed by atoms with Gasteiger partial charge in [-0.2, -0.15) is 0 Å². The average Bonchev–Trinajstić information content (AvgIpc) is 2.25. The lowest BCUT2D eigenvalue weighted by atomic mass is 10.3. The molecule has 0 amide bonds. The van der Waals surface area contributed by atoms with Crippen molar-refractivity contribution in [1.29, 1.82) is 0 Å². The second-order valence-electron chi connectivity index (χ2n) is 2.95. The number of benzene rings is 1. The van der Waals surface area contributed by atoms with Crippen molar-refractivity contribution in [2.45, 2.75) is 4.90 Å². The molecule has 0 aromatic heterocycles. The zero-order chi connectivity index (χ0) is 12.0. The number of thioether (sulfide) groups is 1. The summed E-state index contributed by atoms with van der Waals surface area (Å²) in [6, 6.07) is 6.93. The normalized spacial score (nSPS) is 9.75.